The number of carbonyl (C=O) groups excluding carboxylic acids is 1. The molecule has 0 bridgehead atoms. The molecule has 126 valence electrons. The molecule has 1 aliphatic heterocycles. The van der Waals surface area contributed by atoms with E-state index in [1.807, 2.05) is 36.4 Å². The summed E-state index contributed by atoms with van der Waals surface area (Å²) in [6, 6.07) is 15.7. The highest BCUT2D eigenvalue weighted by atomic mass is 127. The van der Waals surface area contributed by atoms with E-state index in [1.165, 1.54) is 5.69 Å². The lowest BCUT2D eigenvalue weighted by Gasteiger charge is -2.35. The minimum atomic E-state index is -0.0655. The van der Waals surface area contributed by atoms with Crippen LogP contribution in [0.2, 0.25) is 0 Å². The smallest absolute Gasteiger partial charge is 0.256 e. The number of likely N-dealkylation sites (N-methyl/N-ethyl adjacent to an activating group) is 1. The van der Waals surface area contributed by atoms with E-state index in [2.05, 4.69) is 56.8 Å². The van der Waals surface area contributed by atoms with Crippen molar-refractivity contribution in [2.24, 2.45) is 0 Å². The fourth-order valence-corrected chi connectivity index (χ4v) is 3.55. The number of carbonyl (C=O) groups is 1. The molecule has 0 saturated carbocycles. The van der Waals surface area contributed by atoms with Gasteiger partial charge in [-0.15, -0.1) is 0 Å². The lowest BCUT2D eigenvalue weighted by molar-refractivity contribution is 0.102. The van der Waals surface area contributed by atoms with E-state index in [1.54, 1.807) is 0 Å². The van der Waals surface area contributed by atoms with Crippen LogP contribution in [0, 0.1) is 3.57 Å². The van der Waals surface area contributed by atoms with Crippen molar-refractivity contribution in [1.82, 2.24) is 4.90 Å². The maximum Gasteiger partial charge on any atom is 0.256 e. The van der Waals surface area contributed by atoms with Gasteiger partial charge in [0.15, 0.2) is 0 Å². The van der Waals surface area contributed by atoms with E-state index < -0.39 is 0 Å². The molecule has 0 atom stereocenters. The summed E-state index contributed by atoms with van der Waals surface area (Å²) in [6.07, 6.45) is 0. The van der Waals surface area contributed by atoms with E-state index in [0.717, 1.165) is 42.0 Å². The minimum Gasteiger partial charge on any atom is -0.369 e. The Hall–Kier alpha value is -1.60. The Bertz CT molecular complexity index is 694. The second kappa shape index (κ2) is 7.98. The largest absolute Gasteiger partial charge is 0.369 e. The average molecular weight is 435 g/mol. The number of halogens is 1. The predicted octanol–water partition coefficient (Wildman–Crippen LogP) is 3.69. The molecule has 0 aromatic heterocycles. The lowest BCUT2D eigenvalue weighted by Crippen LogP contribution is -2.46. The van der Waals surface area contributed by atoms with Crippen LogP contribution in [0.1, 0.15) is 17.3 Å². The Balaban J connectivity index is 1.63. The third-order valence-corrected chi connectivity index (χ3v) is 5.37. The zero-order valence-electron chi connectivity index (χ0n) is 13.8. The molecule has 0 unspecified atom stereocenters. The van der Waals surface area contributed by atoms with Gasteiger partial charge in [-0.25, -0.2) is 0 Å². The molecule has 24 heavy (non-hydrogen) atoms. The van der Waals surface area contributed by atoms with Gasteiger partial charge < -0.3 is 15.1 Å². The van der Waals surface area contributed by atoms with Gasteiger partial charge in [-0.05, 0) is 65.5 Å². The van der Waals surface area contributed by atoms with E-state index in [9.17, 15) is 4.79 Å². The molecule has 1 heterocycles. The normalized spacial score (nSPS) is 15.3. The summed E-state index contributed by atoms with van der Waals surface area (Å²) >= 11 is 2.19. The van der Waals surface area contributed by atoms with Crippen LogP contribution < -0.4 is 10.2 Å². The Morgan fingerprint density at radius 1 is 1.04 bits per heavy atom. The topological polar surface area (TPSA) is 35.6 Å². The average Bonchev–Trinajstić information content (AvgIpc) is 2.63. The predicted molar refractivity (Wildman–Crippen MR) is 108 cm³/mol. The Kier molecular flexibility index (Phi) is 5.73. The number of piperazine rings is 1. The maximum atomic E-state index is 12.4. The molecule has 4 nitrogen and oxygen atoms in total. The molecule has 1 saturated heterocycles. The number of benzene rings is 2. The summed E-state index contributed by atoms with van der Waals surface area (Å²) in [5, 5.41) is 2.97. The second-order valence-corrected chi connectivity index (χ2v) is 7.06. The van der Waals surface area contributed by atoms with Crippen LogP contribution in [-0.2, 0) is 0 Å². The molecule has 0 radical (unpaired) electrons. The van der Waals surface area contributed by atoms with Gasteiger partial charge in [0.1, 0.15) is 0 Å². The molecule has 1 amide bonds. The zero-order valence-corrected chi connectivity index (χ0v) is 16.0. The highest BCUT2D eigenvalue weighted by molar-refractivity contribution is 14.1. The summed E-state index contributed by atoms with van der Waals surface area (Å²) in [7, 11) is 0. The van der Waals surface area contributed by atoms with Crippen molar-refractivity contribution < 1.29 is 4.79 Å². The lowest BCUT2D eigenvalue weighted by atomic mass is 10.2. The summed E-state index contributed by atoms with van der Waals surface area (Å²) in [6.45, 7) is 7.67. The summed E-state index contributed by atoms with van der Waals surface area (Å²) in [5.41, 5.74) is 2.76. The highest BCUT2D eigenvalue weighted by Gasteiger charge is 2.16. The molecular weight excluding hydrogens is 413 g/mol. The third kappa shape index (κ3) is 4.08. The van der Waals surface area contributed by atoms with E-state index in [0.29, 0.717) is 5.56 Å². The first-order valence-electron chi connectivity index (χ1n) is 8.30. The molecule has 2 aromatic rings. The van der Waals surface area contributed by atoms with Crippen molar-refractivity contribution in [3.8, 4) is 0 Å². The van der Waals surface area contributed by atoms with Crippen LogP contribution in [0.15, 0.2) is 48.5 Å². The number of rotatable bonds is 4. The van der Waals surface area contributed by atoms with Crippen molar-refractivity contribution in [2.45, 2.75) is 6.92 Å². The first kappa shape index (κ1) is 17.2. The van der Waals surface area contributed by atoms with Crippen LogP contribution in [-0.4, -0.2) is 43.5 Å². The van der Waals surface area contributed by atoms with Gasteiger partial charge >= 0.3 is 0 Å². The van der Waals surface area contributed by atoms with Crippen molar-refractivity contribution in [1.29, 1.82) is 0 Å². The number of hydrogen-bond acceptors (Lipinski definition) is 3. The number of nitrogens with one attached hydrogen (secondary N) is 1. The molecule has 3 rings (SSSR count). The van der Waals surface area contributed by atoms with Gasteiger partial charge in [0.25, 0.3) is 5.91 Å². The Morgan fingerprint density at radius 2 is 1.71 bits per heavy atom. The Morgan fingerprint density at radius 3 is 2.33 bits per heavy atom. The molecule has 0 spiro atoms. The van der Waals surface area contributed by atoms with Crippen molar-refractivity contribution in [2.75, 3.05) is 42.9 Å². The van der Waals surface area contributed by atoms with Gasteiger partial charge in [0.2, 0.25) is 0 Å². The van der Waals surface area contributed by atoms with Gasteiger partial charge in [-0.3, -0.25) is 4.79 Å². The fourth-order valence-electron chi connectivity index (χ4n) is 2.92. The maximum absolute atomic E-state index is 12.4. The van der Waals surface area contributed by atoms with Crippen molar-refractivity contribution in [3.05, 3.63) is 57.7 Å². The standard InChI is InChI=1S/C19H22IN3O/c1-2-22-11-13-23(14-12-22)16-9-7-15(8-10-16)21-19(24)17-5-3-4-6-18(17)20/h3-10H,2,11-14H2,1H3,(H,21,24). The summed E-state index contributed by atoms with van der Waals surface area (Å²) < 4.78 is 0.956. The SMILES string of the molecule is CCN1CCN(c2ccc(NC(=O)c3ccccc3I)cc2)CC1. The molecule has 1 fully saturated rings. The first-order valence-corrected chi connectivity index (χ1v) is 9.38. The van der Waals surface area contributed by atoms with Crippen LogP contribution in [0.5, 0.6) is 0 Å². The molecular formula is C19H22IN3O. The Labute approximate surface area is 157 Å². The van der Waals surface area contributed by atoms with Crippen LogP contribution in [0.4, 0.5) is 11.4 Å². The minimum absolute atomic E-state index is 0.0655. The third-order valence-electron chi connectivity index (χ3n) is 4.43. The van der Waals surface area contributed by atoms with Gasteiger partial charge in [0, 0.05) is 41.1 Å². The molecule has 2 aromatic carbocycles. The number of nitrogens with zero attached hydrogens (tertiary/aromatic N) is 2. The zero-order chi connectivity index (χ0) is 16.9. The second-order valence-electron chi connectivity index (χ2n) is 5.90. The van der Waals surface area contributed by atoms with E-state index in [4.69, 9.17) is 0 Å². The fraction of sp³-hybridized carbons (Fsp3) is 0.316. The van der Waals surface area contributed by atoms with Gasteiger partial charge in [0.05, 0.1) is 5.56 Å². The van der Waals surface area contributed by atoms with Gasteiger partial charge in [-0.2, -0.15) is 0 Å². The van der Waals surface area contributed by atoms with Crippen molar-refractivity contribution in [3.63, 3.8) is 0 Å². The summed E-state index contributed by atoms with van der Waals surface area (Å²) in [5.74, 6) is -0.0655. The molecule has 5 heteroatoms. The van der Waals surface area contributed by atoms with Crippen LogP contribution >= 0.6 is 22.6 Å². The van der Waals surface area contributed by atoms with E-state index in [-0.39, 0.29) is 5.91 Å². The molecule has 1 N–H and O–H groups in total. The number of amides is 1. The molecule has 1 aliphatic rings. The quantitative estimate of drug-likeness (QED) is 0.745. The monoisotopic (exact) mass is 435 g/mol. The number of anilines is 2. The van der Waals surface area contributed by atoms with Gasteiger partial charge in [-0.1, -0.05) is 19.1 Å². The van der Waals surface area contributed by atoms with E-state index >= 15 is 0 Å². The number of hydrogen-bond donors (Lipinski definition) is 1. The highest BCUT2D eigenvalue weighted by Crippen LogP contribution is 2.20. The van der Waals surface area contributed by atoms with Crippen LogP contribution in [0.3, 0.4) is 0 Å². The summed E-state index contributed by atoms with van der Waals surface area (Å²) in [4.78, 5) is 17.2. The van der Waals surface area contributed by atoms with Crippen LogP contribution in [0.25, 0.3) is 0 Å². The molecule has 0 aliphatic carbocycles. The first-order chi connectivity index (χ1) is 11.7. The van der Waals surface area contributed by atoms with Crippen molar-refractivity contribution >= 4 is 39.9 Å².